The maximum absolute atomic E-state index is 12.6. The van der Waals surface area contributed by atoms with Crippen molar-refractivity contribution >= 4 is 33.2 Å². The van der Waals surface area contributed by atoms with Crippen LogP contribution in [0.2, 0.25) is 10.0 Å². The Hall–Kier alpha value is -1.07. The van der Waals surface area contributed by atoms with Crippen LogP contribution in [0.15, 0.2) is 53.4 Å². The second kappa shape index (κ2) is 6.20. The van der Waals surface area contributed by atoms with Gasteiger partial charge in [0.1, 0.15) is 4.90 Å². The van der Waals surface area contributed by atoms with Gasteiger partial charge in [0, 0.05) is 11.1 Å². The number of rotatable bonds is 5. The van der Waals surface area contributed by atoms with Gasteiger partial charge in [-0.05, 0) is 48.6 Å². The molecule has 1 saturated carbocycles. The van der Waals surface area contributed by atoms with Crippen LogP contribution >= 0.6 is 23.2 Å². The average Bonchev–Trinajstić information content (AvgIpc) is 3.31. The summed E-state index contributed by atoms with van der Waals surface area (Å²) in [7, 11) is -3.67. The van der Waals surface area contributed by atoms with E-state index < -0.39 is 10.0 Å². The summed E-state index contributed by atoms with van der Waals surface area (Å²) >= 11 is 11.9. The fourth-order valence-corrected chi connectivity index (χ4v) is 4.37. The van der Waals surface area contributed by atoms with Crippen molar-refractivity contribution in [3.63, 3.8) is 0 Å². The van der Waals surface area contributed by atoms with Gasteiger partial charge in [0.2, 0.25) is 10.0 Å². The lowest BCUT2D eigenvalue weighted by atomic mass is 10.0. The van der Waals surface area contributed by atoms with Gasteiger partial charge in [-0.2, -0.15) is 0 Å². The van der Waals surface area contributed by atoms with Crippen LogP contribution < -0.4 is 4.72 Å². The van der Waals surface area contributed by atoms with E-state index in [0.29, 0.717) is 10.9 Å². The summed E-state index contributed by atoms with van der Waals surface area (Å²) in [6.07, 6.45) is 2.02. The fraction of sp³-hybridized carbons (Fsp3) is 0.250. The van der Waals surface area contributed by atoms with Crippen molar-refractivity contribution in [2.45, 2.75) is 23.8 Å². The van der Waals surface area contributed by atoms with Crippen LogP contribution in [0.1, 0.15) is 24.4 Å². The van der Waals surface area contributed by atoms with Crippen LogP contribution in [-0.4, -0.2) is 8.42 Å². The lowest BCUT2D eigenvalue weighted by molar-refractivity contribution is 0.529. The molecule has 6 heteroatoms. The molecule has 1 N–H and O–H groups in total. The molecule has 2 aromatic carbocycles. The quantitative estimate of drug-likeness (QED) is 0.862. The minimum absolute atomic E-state index is 0.108. The van der Waals surface area contributed by atoms with Crippen molar-refractivity contribution < 1.29 is 8.42 Å². The normalized spacial score (nSPS) is 16.5. The Morgan fingerprint density at radius 3 is 2.23 bits per heavy atom. The Labute approximate surface area is 140 Å². The van der Waals surface area contributed by atoms with Gasteiger partial charge in [-0.25, -0.2) is 13.1 Å². The highest BCUT2D eigenvalue weighted by molar-refractivity contribution is 7.89. The molecule has 3 nitrogen and oxygen atoms in total. The van der Waals surface area contributed by atoms with Crippen molar-refractivity contribution in [3.05, 3.63) is 64.1 Å². The van der Waals surface area contributed by atoms with Crippen LogP contribution in [0, 0.1) is 5.92 Å². The van der Waals surface area contributed by atoms with E-state index in [2.05, 4.69) is 4.72 Å². The molecular formula is C16H15Cl2NO2S. The smallest absolute Gasteiger partial charge is 0.207 e. The third-order valence-corrected chi connectivity index (χ3v) is 5.92. The third kappa shape index (κ3) is 3.46. The zero-order valence-corrected chi connectivity index (χ0v) is 14.0. The molecule has 0 aliphatic heterocycles. The lowest BCUT2D eigenvalue weighted by Crippen LogP contribution is -2.30. The van der Waals surface area contributed by atoms with E-state index in [4.69, 9.17) is 23.2 Å². The summed E-state index contributed by atoms with van der Waals surface area (Å²) in [6.45, 7) is 0. The van der Waals surface area contributed by atoms with Gasteiger partial charge >= 0.3 is 0 Å². The van der Waals surface area contributed by atoms with Crippen molar-refractivity contribution in [2.24, 2.45) is 5.92 Å². The molecule has 0 bridgehead atoms. The Bertz CT molecular complexity index is 771. The predicted molar refractivity (Wildman–Crippen MR) is 88.7 cm³/mol. The molecule has 1 fully saturated rings. The molecular weight excluding hydrogens is 341 g/mol. The number of sulfonamides is 1. The topological polar surface area (TPSA) is 46.2 Å². The highest BCUT2D eigenvalue weighted by Crippen LogP contribution is 2.42. The zero-order valence-electron chi connectivity index (χ0n) is 11.7. The Kier molecular flexibility index (Phi) is 4.46. The van der Waals surface area contributed by atoms with Crippen molar-refractivity contribution in [1.82, 2.24) is 4.72 Å². The number of hydrogen-bond donors (Lipinski definition) is 1. The Morgan fingerprint density at radius 1 is 1.00 bits per heavy atom. The molecule has 3 rings (SSSR count). The molecule has 116 valence electrons. The highest BCUT2D eigenvalue weighted by atomic mass is 35.5. The maximum Gasteiger partial charge on any atom is 0.242 e. The molecule has 1 aliphatic rings. The van der Waals surface area contributed by atoms with Gasteiger partial charge in [-0.3, -0.25) is 0 Å². The minimum atomic E-state index is -3.67. The van der Waals surface area contributed by atoms with Gasteiger partial charge in [0.15, 0.2) is 0 Å². The van der Waals surface area contributed by atoms with E-state index in [1.54, 1.807) is 30.3 Å². The molecule has 0 heterocycles. The van der Waals surface area contributed by atoms with Crippen LogP contribution in [0.25, 0.3) is 0 Å². The van der Waals surface area contributed by atoms with Gasteiger partial charge in [0.05, 0.1) is 5.02 Å². The predicted octanol–water partition coefficient (Wildman–Crippen LogP) is 4.42. The SMILES string of the molecule is O=S(=O)(NC(c1ccc(Cl)cc1)C1CC1)c1ccccc1Cl. The summed E-state index contributed by atoms with van der Waals surface area (Å²) < 4.78 is 28.0. The second-order valence-electron chi connectivity index (χ2n) is 5.42. The largest absolute Gasteiger partial charge is 0.242 e. The van der Waals surface area contributed by atoms with Crippen LogP contribution in [-0.2, 0) is 10.0 Å². The summed E-state index contributed by atoms with van der Waals surface area (Å²) in [5.74, 6) is 0.318. The molecule has 0 amide bonds. The number of halogens is 2. The van der Waals surface area contributed by atoms with Gasteiger partial charge in [-0.1, -0.05) is 47.5 Å². The monoisotopic (exact) mass is 355 g/mol. The minimum Gasteiger partial charge on any atom is -0.207 e. The fourth-order valence-electron chi connectivity index (χ4n) is 2.43. The molecule has 2 aromatic rings. The number of benzene rings is 2. The van der Waals surface area contributed by atoms with Crippen molar-refractivity contribution in [2.75, 3.05) is 0 Å². The first-order chi connectivity index (χ1) is 10.5. The lowest BCUT2D eigenvalue weighted by Gasteiger charge is -2.19. The molecule has 0 saturated heterocycles. The van der Waals surface area contributed by atoms with Gasteiger partial charge in [0.25, 0.3) is 0 Å². The van der Waals surface area contributed by atoms with Crippen molar-refractivity contribution in [3.8, 4) is 0 Å². The molecule has 0 radical (unpaired) electrons. The highest BCUT2D eigenvalue weighted by Gasteiger charge is 2.35. The van der Waals surface area contributed by atoms with E-state index in [1.807, 2.05) is 12.1 Å². The standard InChI is InChI=1S/C16H15Cl2NO2S/c17-13-9-7-12(8-10-13)16(11-5-6-11)19-22(20,21)15-4-2-1-3-14(15)18/h1-4,7-11,16,19H,5-6H2. The molecule has 1 aliphatic carbocycles. The van der Waals surface area contributed by atoms with E-state index in [1.165, 1.54) is 6.07 Å². The first-order valence-corrected chi connectivity index (χ1v) is 9.23. The summed E-state index contributed by atoms with van der Waals surface area (Å²) in [5.41, 5.74) is 0.919. The van der Waals surface area contributed by atoms with Crippen LogP contribution in [0.5, 0.6) is 0 Å². The number of nitrogens with one attached hydrogen (secondary N) is 1. The average molecular weight is 356 g/mol. The number of hydrogen-bond acceptors (Lipinski definition) is 2. The molecule has 22 heavy (non-hydrogen) atoms. The Morgan fingerprint density at radius 2 is 1.64 bits per heavy atom. The van der Waals surface area contributed by atoms with Crippen LogP contribution in [0.4, 0.5) is 0 Å². The van der Waals surface area contributed by atoms with E-state index in [9.17, 15) is 8.42 Å². The Balaban J connectivity index is 1.91. The zero-order chi connectivity index (χ0) is 15.7. The van der Waals surface area contributed by atoms with E-state index >= 15 is 0 Å². The molecule has 0 aromatic heterocycles. The van der Waals surface area contributed by atoms with E-state index in [-0.39, 0.29) is 16.0 Å². The van der Waals surface area contributed by atoms with Crippen molar-refractivity contribution in [1.29, 1.82) is 0 Å². The first-order valence-electron chi connectivity index (χ1n) is 7.00. The molecule has 1 atom stereocenters. The van der Waals surface area contributed by atoms with E-state index in [0.717, 1.165) is 18.4 Å². The molecule has 1 unspecified atom stereocenters. The van der Waals surface area contributed by atoms with Gasteiger partial charge in [-0.15, -0.1) is 0 Å². The van der Waals surface area contributed by atoms with Gasteiger partial charge < -0.3 is 0 Å². The first kappa shape index (κ1) is 15.8. The third-order valence-electron chi connectivity index (χ3n) is 3.73. The van der Waals surface area contributed by atoms with Crippen LogP contribution in [0.3, 0.4) is 0 Å². The summed E-state index contributed by atoms with van der Waals surface area (Å²) in [6, 6.07) is 13.5. The summed E-state index contributed by atoms with van der Waals surface area (Å²) in [5, 5.41) is 0.855. The second-order valence-corrected chi connectivity index (χ2v) is 7.94. The maximum atomic E-state index is 12.6. The molecule has 0 spiro atoms. The summed E-state index contributed by atoms with van der Waals surface area (Å²) in [4.78, 5) is 0.108.